The highest BCUT2D eigenvalue weighted by Gasteiger charge is 2.15. The van der Waals surface area contributed by atoms with Crippen LogP contribution in [0.2, 0.25) is 6.82 Å². The van der Waals surface area contributed by atoms with Gasteiger partial charge in [-0.05, 0) is 24.4 Å². The molecule has 0 spiro atoms. The first-order chi connectivity index (χ1) is 7.54. The molecule has 0 atom stereocenters. The van der Waals surface area contributed by atoms with Crippen molar-refractivity contribution in [2.45, 2.75) is 20.3 Å². The Bertz CT molecular complexity index is 316. The molecular formula is C10H17B2NO3. The summed E-state index contributed by atoms with van der Waals surface area (Å²) < 4.78 is 0. The smallest absolute Gasteiger partial charge is 0.437 e. The van der Waals surface area contributed by atoms with Gasteiger partial charge in [-0.3, -0.25) is 0 Å². The molecule has 1 rings (SSSR count). The van der Waals surface area contributed by atoms with Crippen molar-refractivity contribution >= 4 is 19.6 Å². The second-order valence-corrected chi connectivity index (χ2v) is 3.81. The third-order valence-electron chi connectivity index (χ3n) is 2.60. The molecule has 6 heteroatoms. The molecule has 0 heterocycles. The number of nitrogens with zero attached hydrogens (tertiary/aromatic N) is 1. The predicted molar refractivity (Wildman–Crippen MR) is 66.2 cm³/mol. The summed E-state index contributed by atoms with van der Waals surface area (Å²) in [7, 11) is -1.90. The molecule has 0 saturated carbocycles. The summed E-state index contributed by atoms with van der Waals surface area (Å²) in [6.07, 6.45) is 0. The summed E-state index contributed by atoms with van der Waals surface area (Å²) in [6.45, 7) is 5.13. The van der Waals surface area contributed by atoms with Gasteiger partial charge in [0.2, 0.25) is 0 Å². The van der Waals surface area contributed by atoms with Crippen molar-refractivity contribution in [1.82, 2.24) is 4.81 Å². The molecule has 0 aromatic heterocycles. The van der Waals surface area contributed by atoms with E-state index in [9.17, 15) is 5.02 Å². The van der Waals surface area contributed by atoms with Gasteiger partial charge in [0.15, 0.2) is 0 Å². The van der Waals surface area contributed by atoms with Crippen LogP contribution in [0.15, 0.2) is 24.3 Å². The fraction of sp³-hybridized carbons (Fsp3) is 0.400. The molecule has 0 amide bonds. The highest BCUT2D eigenvalue weighted by molar-refractivity contribution is 6.58. The van der Waals surface area contributed by atoms with Gasteiger partial charge in [-0.1, -0.05) is 31.2 Å². The summed E-state index contributed by atoms with van der Waals surface area (Å²) in [5.74, 6) is 0. The Morgan fingerprint density at radius 1 is 1.12 bits per heavy atom. The van der Waals surface area contributed by atoms with Crippen molar-refractivity contribution in [3.8, 4) is 0 Å². The number of hydrogen-bond acceptors (Lipinski definition) is 4. The summed E-state index contributed by atoms with van der Waals surface area (Å²) in [6, 6.07) is 7.02. The lowest BCUT2D eigenvalue weighted by Crippen LogP contribution is -2.36. The Morgan fingerprint density at radius 2 is 1.69 bits per heavy atom. The molecule has 0 saturated heterocycles. The third kappa shape index (κ3) is 3.64. The van der Waals surface area contributed by atoms with E-state index in [4.69, 9.17) is 10.0 Å². The Labute approximate surface area is 96.8 Å². The van der Waals surface area contributed by atoms with Crippen LogP contribution in [0.1, 0.15) is 12.5 Å². The van der Waals surface area contributed by atoms with Crippen LogP contribution in [0.4, 0.5) is 0 Å². The van der Waals surface area contributed by atoms with Gasteiger partial charge in [0.1, 0.15) is 0 Å². The van der Waals surface area contributed by atoms with E-state index in [0.29, 0.717) is 12.0 Å². The van der Waals surface area contributed by atoms with Crippen LogP contribution in [0.5, 0.6) is 0 Å². The van der Waals surface area contributed by atoms with Crippen molar-refractivity contribution in [2.24, 2.45) is 0 Å². The predicted octanol–water partition coefficient (Wildman–Crippen LogP) is -0.701. The van der Waals surface area contributed by atoms with Crippen LogP contribution in [0.25, 0.3) is 0 Å². The van der Waals surface area contributed by atoms with Gasteiger partial charge in [-0.15, -0.1) is 0 Å². The van der Waals surface area contributed by atoms with Gasteiger partial charge in [0.25, 0.3) is 0 Å². The van der Waals surface area contributed by atoms with Crippen LogP contribution < -0.4 is 5.46 Å². The molecule has 0 aliphatic carbocycles. The number of benzene rings is 1. The maximum atomic E-state index is 9.46. The minimum absolute atomic E-state index is 0.476. The standard InChI is InChI=1S/C10H17B2NO3/c1-3-13(11(2)14)8-9-4-6-10(7-5-9)12(15)16/h4-7,14-16H,3,8H2,1-2H3. The van der Waals surface area contributed by atoms with E-state index in [2.05, 4.69) is 0 Å². The zero-order valence-corrected chi connectivity index (χ0v) is 9.67. The van der Waals surface area contributed by atoms with Crippen LogP contribution in [-0.4, -0.2) is 40.6 Å². The molecule has 0 radical (unpaired) electrons. The molecule has 1 aromatic rings. The maximum Gasteiger partial charge on any atom is 0.488 e. The third-order valence-corrected chi connectivity index (χ3v) is 2.60. The Morgan fingerprint density at radius 3 is 2.06 bits per heavy atom. The molecule has 0 bridgehead atoms. The van der Waals surface area contributed by atoms with Gasteiger partial charge in [-0.25, -0.2) is 0 Å². The van der Waals surface area contributed by atoms with Gasteiger partial charge in [0, 0.05) is 6.54 Å². The van der Waals surface area contributed by atoms with Crippen LogP contribution >= 0.6 is 0 Å². The second-order valence-electron chi connectivity index (χ2n) is 3.81. The molecule has 3 N–H and O–H groups in total. The summed E-state index contributed by atoms with van der Waals surface area (Å²) >= 11 is 0. The zero-order valence-electron chi connectivity index (χ0n) is 9.67. The maximum absolute atomic E-state index is 9.46. The van der Waals surface area contributed by atoms with Gasteiger partial charge < -0.3 is 19.9 Å². The van der Waals surface area contributed by atoms with Crippen molar-refractivity contribution < 1.29 is 15.1 Å². The SMILES string of the molecule is CCN(Cc1ccc(B(O)O)cc1)B(C)O. The van der Waals surface area contributed by atoms with Crippen LogP contribution in [-0.2, 0) is 6.54 Å². The van der Waals surface area contributed by atoms with Crippen molar-refractivity contribution in [2.75, 3.05) is 6.54 Å². The lowest BCUT2D eigenvalue weighted by Gasteiger charge is -2.21. The van der Waals surface area contributed by atoms with Gasteiger partial charge in [0.05, 0.1) is 0 Å². The number of rotatable bonds is 5. The molecule has 0 aliphatic rings. The molecule has 16 heavy (non-hydrogen) atoms. The Hall–Kier alpha value is -0.810. The minimum Gasteiger partial charge on any atom is -0.437 e. The van der Waals surface area contributed by atoms with Crippen LogP contribution in [0.3, 0.4) is 0 Å². The monoisotopic (exact) mass is 221 g/mol. The van der Waals surface area contributed by atoms with Crippen LogP contribution in [0, 0.1) is 0 Å². The molecule has 0 aliphatic heterocycles. The summed E-state index contributed by atoms with van der Waals surface area (Å²) in [5, 5.41) is 27.3. The lowest BCUT2D eigenvalue weighted by atomic mass is 9.80. The first-order valence-electron chi connectivity index (χ1n) is 5.41. The average Bonchev–Trinajstić information content (AvgIpc) is 2.26. The van der Waals surface area contributed by atoms with E-state index in [1.807, 2.05) is 23.9 Å². The molecule has 4 nitrogen and oxygen atoms in total. The highest BCUT2D eigenvalue weighted by atomic mass is 16.4. The van der Waals surface area contributed by atoms with E-state index < -0.39 is 14.2 Å². The van der Waals surface area contributed by atoms with E-state index >= 15 is 0 Å². The van der Waals surface area contributed by atoms with Gasteiger partial charge >= 0.3 is 14.2 Å². The first-order valence-corrected chi connectivity index (χ1v) is 5.41. The quantitative estimate of drug-likeness (QED) is 0.575. The fourth-order valence-corrected chi connectivity index (χ4v) is 1.54. The largest absolute Gasteiger partial charge is 0.488 e. The Balaban J connectivity index is 2.67. The normalized spacial score (nSPS) is 10.6. The molecular weight excluding hydrogens is 204 g/mol. The van der Waals surface area contributed by atoms with E-state index in [1.165, 1.54) is 0 Å². The highest BCUT2D eigenvalue weighted by Crippen LogP contribution is 2.04. The van der Waals surface area contributed by atoms with E-state index in [0.717, 1.165) is 12.1 Å². The van der Waals surface area contributed by atoms with E-state index in [1.54, 1.807) is 19.0 Å². The van der Waals surface area contributed by atoms with Crippen molar-refractivity contribution in [3.63, 3.8) is 0 Å². The second kappa shape index (κ2) is 6.06. The fourth-order valence-electron chi connectivity index (χ4n) is 1.54. The topological polar surface area (TPSA) is 63.9 Å². The molecule has 86 valence electrons. The summed E-state index contributed by atoms with van der Waals surface area (Å²) in [4.78, 5) is 1.91. The number of hydrogen-bond donors (Lipinski definition) is 3. The average molecular weight is 221 g/mol. The van der Waals surface area contributed by atoms with Gasteiger partial charge in [-0.2, -0.15) is 0 Å². The lowest BCUT2D eigenvalue weighted by molar-refractivity contribution is 0.374. The Kier molecular flexibility index (Phi) is 5.02. The molecule has 1 aromatic carbocycles. The van der Waals surface area contributed by atoms with Crippen molar-refractivity contribution in [3.05, 3.63) is 29.8 Å². The zero-order chi connectivity index (χ0) is 12.1. The van der Waals surface area contributed by atoms with E-state index in [-0.39, 0.29) is 0 Å². The molecule has 0 unspecified atom stereocenters. The minimum atomic E-state index is -1.42. The molecule has 0 fully saturated rings. The van der Waals surface area contributed by atoms with Crippen molar-refractivity contribution in [1.29, 1.82) is 0 Å². The first kappa shape index (κ1) is 13.3. The summed E-state index contributed by atoms with van der Waals surface area (Å²) in [5.41, 5.74) is 1.51.